The molecule has 0 saturated heterocycles. The van der Waals surface area contributed by atoms with E-state index in [1.807, 2.05) is 30.5 Å². The second-order valence-electron chi connectivity index (χ2n) is 6.17. The molecule has 0 saturated carbocycles. The lowest BCUT2D eigenvalue weighted by atomic mass is 10.0. The quantitative estimate of drug-likeness (QED) is 0.639. The number of aliphatic hydroxyl groups is 1. The summed E-state index contributed by atoms with van der Waals surface area (Å²) in [7, 11) is 0. The van der Waals surface area contributed by atoms with Crippen molar-refractivity contribution in [2.75, 3.05) is 5.32 Å². The molecule has 1 aromatic heterocycles. The van der Waals surface area contributed by atoms with Crippen LogP contribution in [0.15, 0.2) is 60.8 Å². The van der Waals surface area contributed by atoms with Crippen LogP contribution in [0.25, 0.3) is 10.9 Å². The maximum Gasteiger partial charge on any atom is 0.0790 e. The molecule has 0 aliphatic rings. The van der Waals surface area contributed by atoms with Crippen molar-refractivity contribution in [2.24, 2.45) is 0 Å². The summed E-state index contributed by atoms with van der Waals surface area (Å²) in [6, 6.07) is 18.4. The third-order valence-corrected chi connectivity index (χ3v) is 4.27. The van der Waals surface area contributed by atoms with E-state index in [0.717, 1.165) is 48.0 Å². The van der Waals surface area contributed by atoms with Crippen LogP contribution >= 0.6 is 0 Å². The van der Waals surface area contributed by atoms with E-state index in [-0.39, 0.29) is 6.10 Å². The number of anilines is 1. The van der Waals surface area contributed by atoms with Crippen LogP contribution < -0.4 is 5.32 Å². The molecule has 3 aromatic rings. The van der Waals surface area contributed by atoms with Crippen molar-refractivity contribution in [3.05, 3.63) is 71.9 Å². The molecule has 0 amide bonds. The van der Waals surface area contributed by atoms with Gasteiger partial charge >= 0.3 is 0 Å². The van der Waals surface area contributed by atoms with Gasteiger partial charge in [-0.3, -0.25) is 4.98 Å². The summed E-state index contributed by atoms with van der Waals surface area (Å²) < 4.78 is 0. The number of aromatic nitrogens is 1. The van der Waals surface area contributed by atoms with E-state index in [1.165, 1.54) is 5.56 Å². The van der Waals surface area contributed by atoms with E-state index in [0.29, 0.717) is 0 Å². The molecule has 0 spiro atoms. The van der Waals surface area contributed by atoms with E-state index in [9.17, 15) is 5.11 Å². The Morgan fingerprint density at radius 2 is 2.00 bits per heavy atom. The molecule has 1 heterocycles. The van der Waals surface area contributed by atoms with Crippen LogP contribution in [-0.2, 0) is 6.54 Å². The highest BCUT2D eigenvalue weighted by Crippen LogP contribution is 2.21. The number of rotatable bonds is 7. The van der Waals surface area contributed by atoms with Crippen LogP contribution in [0.2, 0.25) is 0 Å². The average Bonchev–Trinajstić information content (AvgIpc) is 2.64. The molecule has 2 N–H and O–H groups in total. The molecule has 3 rings (SSSR count). The minimum atomic E-state index is -0.364. The van der Waals surface area contributed by atoms with Crippen LogP contribution in [0.5, 0.6) is 0 Å². The van der Waals surface area contributed by atoms with Crippen LogP contribution in [0, 0.1) is 0 Å². The number of hydrogen-bond donors (Lipinski definition) is 2. The Kier molecular flexibility index (Phi) is 5.44. The van der Waals surface area contributed by atoms with Crippen LogP contribution in [0.3, 0.4) is 0 Å². The maximum atomic E-state index is 10.3. The zero-order chi connectivity index (χ0) is 16.8. The first kappa shape index (κ1) is 16.5. The number of pyridine rings is 1. The first-order valence-electron chi connectivity index (χ1n) is 8.62. The highest BCUT2D eigenvalue weighted by molar-refractivity contribution is 5.82. The van der Waals surface area contributed by atoms with E-state index < -0.39 is 0 Å². The van der Waals surface area contributed by atoms with Crippen molar-refractivity contribution >= 4 is 16.6 Å². The fourth-order valence-corrected chi connectivity index (χ4v) is 2.86. The number of nitrogens with one attached hydrogen (secondary N) is 1. The van der Waals surface area contributed by atoms with E-state index in [1.54, 1.807) is 0 Å². The SMILES string of the molecule is CCCCC(O)c1cccc(CNc2ccc3ncccc3c2)c1. The first-order chi connectivity index (χ1) is 11.8. The molecular weight excluding hydrogens is 296 g/mol. The van der Waals surface area contributed by atoms with Crippen LogP contribution in [0.1, 0.15) is 43.4 Å². The van der Waals surface area contributed by atoms with Crippen LogP contribution in [-0.4, -0.2) is 10.1 Å². The van der Waals surface area contributed by atoms with Gasteiger partial charge in [-0.25, -0.2) is 0 Å². The fraction of sp³-hybridized carbons (Fsp3) is 0.286. The predicted octanol–water partition coefficient (Wildman–Crippen LogP) is 5.07. The Hall–Kier alpha value is -2.39. The number of aliphatic hydroxyl groups excluding tert-OH is 1. The predicted molar refractivity (Wildman–Crippen MR) is 100.0 cm³/mol. The summed E-state index contributed by atoms with van der Waals surface area (Å²) in [6.45, 7) is 2.88. The van der Waals surface area contributed by atoms with E-state index in [2.05, 4.69) is 47.6 Å². The van der Waals surface area contributed by atoms with Gasteiger partial charge in [0.1, 0.15) is 0 Å². The highest BCUT2D eigenvalue weighted by Gasteiger charge is 2.07. The molecule has 0 bridgehead atoms. The highest BCUT2D eigenvalue weighted by atomic mass is 16.3. The van der Waals surface area contributed by atoms with Gasteiger partial charge < -0.3 is 10.4 Å². The molecule has 24 heavy (non-hydrogen) atoms. The molecule has 1 unspecified atom stereocenters. The summed E-state index contributed by atoms with van der Waals surface area (Å²) in [5.74, 6) is 0. The number of fused-ring (bicyclic) bond motifs is 1. The minimum absolute atomic E-state index is 0.364. The topological polar surface area (TPSA) is 45.1 Å². The Bertz CT molecular complexity index is 800. The lowest BCUT2D eigenvalue weighted by Gasteiger charge is -2.13. The molecule has 124 valence electrons. The second-order valence-corrected chi connectivity index (χ2v) is 6.17. The first-order valence-corrected chi connectivity index (χ1v) is 8.62. The normalized spacial score (nSPS) is 12.2. The van der Waals surface area contributed by atoms with Crippen molar-refractivity contribution in [3.63, 3.8) is 0 Å². The largest absolute Gasteiger partial charge is 0.388 e. The lowest BCUT2D eigenvalue weighted by molar-refractivity contribution is 0.164. The third-order valence-electron chi connectivity index (χ3n) is 4.27. The summed E-state index contributed by atoms with van der Waals surface area (Å²) in [4.78, 5) is 4.34. The Morgan fingerprint density at radius 1 is 1.08 bits per heavy atom. The van der Waals surface area contributed by atoms with Gasteiger partial charge in [0.15, 0.2) is 0 Å². The zero-order valence-corrected chi connectivity index (χ0v) is 14.1. The molecule has 2 aromatic carbocycles. The minimum Gasteiger partial charge on any atom is -0.388 e. The average molecular weight is 320 g/mol. The van der Waals surface area contributed by atoms with Crippen molar-refractivity contribution in [3.8, 4) is 0 Å². The van der Waals surface area contributed by atoms with Crippen molar-refractivity contribution in [1.29, 1.82) is 0 Å². The molecule has 3 nitrogen and oxygen atoms in total. The Balaban J connectivity index is 1.67. The smallest absolute Gasteiger partial charge is 0.0790 e. The summed E-state index contributed by atoms with van der Waals surface area (Å²) >= 11 is 0. The summed E-state index contributed by atoms with van der Waals surface area (Å²) in [5, 5.41) is 14.8. The zero-order valence-electron chi connectivity index (χ0n) is 14.1. The standard InChI is InChI=1S/C21H24N2O/c1-2-3-9-21(24)18-7-4-6-16(13-18)15-23-19-10-11-20-17(14-19)8-5-12-22-20/h4-8,10-14,21,23-24H,2-3,9,15H2,1H3. The van der Waals surface area contributed by atoms with Gasteiger partial charge in [-0.2, -0.15) is 0 Å². The summed E-state index contributed by atoms with van der Waals surface area (Å²) in [5.41, 5.74) is 4.26. The molecule has 0 radical (unpaired) electrons. The molecule has 0 fully saturated rings. The molecule has 0 aliphatic carbocycles. The van der Waals surface area contributed by atoms with E-state index in [4.69, 9.17) is 0 Å². The summed E-state index contributed by atoms with van der Waals surface area (Å²) in [6.07, 6.45) is 4.43. The van der Waals surface area contributed by atoms with E-state index >= 15 is 0 Å². The van der Waals surface area contributed by atoms with Crippen molar-refractivity contribution < 1.29 is 5.11 Å². The maximum absolute atomic E-state index is 10.3. The number of hydrogen-bond acceptors (Lipinski definition) is 3. The van der Waals surface area contributed by atoms with Crippen molar-refractivity contribution in [2.45, 2.75) is 38.8 Å². The van der Waals surface area contributed by atoms with Gasteiger partial charge in [-0.05, 0) is 41.8 Å². The Morgan fingerprint density at radius 3 is 2.88 bits per heavy atom. The molecular formula is C21H24N2O. The number of unbranched alkanes of at least 4 members (excludes halogenated alkanes) is 1. The molecule has 0 aliphatic heterocycles. The number of benzene rings is 2. The third kappa shape index (κ3) is 4.12. The van der Waals surface area contributed by atoms with Crippen LogP contribution in [0.4, 0.5) is 5.69 Å². The monoisotopic (exact) mass is 320 g/mol. The number of nitrogens with zero attached hydrogens (tertiary/aromatic N) is 1. The molecule has 3 heteroatoms. The molecule has 1 atom stereocenters. The van der Waals surface area contributed by atoms with Gasteiger partial charge in [-0.15, -0.1) is 0 Å². The van der Waals surface area contributed by atoms with Gasteiger partial charge in [0, 0.05) is 23.8 Å². The van der Waals surface area contributed by atoms with Gasteiger partial charge in [0.05, 0.1) is 11.6 Å². The fourth-order valence-electron chi connectivity index (χ4n) is 2.86. The van der Waals surface area contributed by atoms with Crippen molar-refractivity contribution in [1.82, 2.24) is 4.98 Å². The van der Waals surface area contributed by atoms with Gasteiger partial charge in [0.2, 0.25) is 0 Å². The second kappa shape index (κ2) is 7.93. The Labute approximate surface area is 143 Å². The van der Waals surface area contributed by atoms with Gasteiger partial charge in [0.25, 0.3) is 0 Å². The lowest BCUT2D eigenvalue weighted by Crippen LogP contribution is -2.02. The van der Waals surface area contributed by atoms with Gasteiger partial charge in [-0.1, -0.05) is 50.1 Å².